The van der Waals surface area contributed by atoms with E-state index in [9.17, 15) is 9.59 Å². The summed E-state index contributed by atoms with van der Waals surface area (Å²) in [7, 11) is 0. The van der Waals surface area contributed by atoms with E-state index in [4.69, 9.17) is 4.98 Å². The Labute approximate surface area is 197 Å². The first kappa shape index (κ1) is 23.2. The van der Waals surface area contributed by atoms with Crippen LogP contribution in [-0.2, 0) is 4.79 Å². The maximum absolute atomic E-state index is 13.4. The van der Waals surface area contributed by atoms with E-state index in [2.05, 4.69) is 41.5 Å². The summed E-state index contributed by atoms with van der Waals surface area (Å²) in [4.78, 5) is 37.2. The fourth-order valence-electron chi connectivity index (χ4n) is 3.75. The summed E-state index contributed by atoms with van der Waals surface area (Å²) >= 11 is 1.56. The van der Waals surface area contributed by atoms with Gasteiger partial charge in [-0.1, -0.05) is 20.8 Å². The van der Waals surface area contributed by atoms with E-state index in [-0.39, 0.29) is 23.9 Å². The zero-order valence-electron chi connectivity index (χ0n) is 19.5. The molecule has 0 unspecified atom stereocenters. The molecule has 10 heteroatoms. The predicted molar refractivity (Wildman–Crippen MR) is 129 cm³/mol. The molecule has 4 heterocycles. The summed E-state index contributed by atoms with van der Waals surface area (Å²) < 4.78 is 1.79. The SMILES string of the molecule is CCC(=O)NC1CCN(C(=O)c2cc(N[C@H](C)C(C)C)nc(-c3cnn4ccsc34)n2)CC1. The van der Waals surface area contributed by atoms with E-state index in [1.165, 1.54) is 0 Å². The predicted octanol–water partition coefficient (Wildman–Crippen LogP) is 3.44. The maximum Gasteiger partial charge on any atom is 0.272 e. The van der Waals surface area contributed by atoms with Gasteiger partial charge in [0.1, 0.15) is 16.3 Å². The Balaban J connectivity index is 1.59. The van der Waals surface area contributed by atoms with E-state index < -0.39 is 0 Å². The number of fused-ring (bicyclic) bond motifs is 1. The van der Waals surface area contributed by atoms with Crippen molar-refractivity contribution >= 4 is 33.8 Å². The number of likely N-dealkylation sites (tertiary alicyclic amines) is 1. The number of carbonyl (C=O) groups is 2. The number of rotatable bonds is 7. The van der Waals surface area contributed by atoms with Crippen LogP contribution in [-0.4, -0.2) is 61.5 Å². The third kappa shape index (κ3) is 5.16. The number of carbonyl (C=O) groups excluding carboxylic acids is 2. The molecule has 9 nitrogen and oxygen atoms in total. The van der Waals surface area contributed by atoms with E-state index in [0.29, 0.717) is 42.8 Å². The molecule has 1 saturated heterocycles. The van der Waals surface area contributed by atoms with Gasteiger partial charge in [-0.15, -0.1) is 11.3 Å². The first-order valence-electron chi connectivity index (χ1n) is 11.5. The Hall–Kier alpha value is -3.01. The highest BCUT2D eigenvalue weighted by molar-refractivity contribution is 7.16. The lowest BCUT2D eigenvalue weighted by molar-refractivity contribution is -0.121. The molecule has 1 aliphatic heterocycles. The molecule has 0 radical (unpaired) electrons. The lowest BCUT2D eigenvalue weighted by Gasteiger charge is -2.32. The highest BCUT2D eigenvalue weighted by Gasteiger charge is 2.26. The van der Waals surface area contributed by atoms with E-state index in [0.717, 1.165) is 23.2 Å². The second-order valence-corrected chi connectivity index (χ2v) is 9.73. The first-order valence-corrected chi connectivity index (χ1v) is 12.4. The molecule has 0 spiro atoms. The third-order valence-electron chi connectivity index (χ3n) is 6.16. The van der Waals surface area contributed by atoms with E-state index in [1.807, 2.05) is 23.4 Å². The molecular formula is C23H31N7O2S. The van der Waals surface area contributed by atoms with Crippen molar-refractivity contribution in [2.24, 2.45) is 5.92 Å². The number of nitrogens with zero attached hydrogens (tertiary/aromatic N) is 5. The van der Waals surface area contributed by atoms with Gasteiger partial charge in [0.15, 0.2) is 5.82 Å². The Bertz CT molecular complexity index is 1130. The standard InChI is InChI=1S/C23H31N7O2S/c1-5-20(31)26-16-6-8-29(9-7-16)22(32)18-12-19(25-15(4)14(2)3)28-21(27-18)17-13-24-30-10-11-33-23(17)30/h10-16H,5-9H2,1-4H3,(H,26,31)(H,25,27,28)/t15-/m1/s1. The first-order chi connectivity index (χ1) is 15.9. The molecule has 2 N–H and O–H groups in total. The highest BCUT2D eigenvalue weighted by atomic mass is 32.1. The Morgan fingerprint density at radius 3 is 2.67 bits per heavy atom. The van der Waals surface area contributed by atoms with Crippen molar-refractivity contribution in [3.8, 4) is 11.4 Å². The summed E-state index contributed by atoms with van der Waals surface area (Å²) in [5, 5.41) is 12.8. The third-order valence-corrected chi connectivity index (χ3v) is 7.05. The summed E-state index contributed by atoms with van der Waals surface area (Å²) in [6, 6.07) is 2.04. The number of hydrogen-bond acceptors (Lipinski definition) is 7. The molecule has 1 aliphatic rings. The molecule has 0 aliphatic carbocycles. The van der Waals surface area contributed by atoms with Crippen LogP contribution in [0.15, 0.2) is 23.8 Å². The zero-order valence-corrected chi connectivity index (χ0v) is 20.4. The normalized spacial score (nSPS) is 15.7. The van der Waals surface area contributed by atoms with Gasteiger partial charge < -0.3 is 15.5 Å². The highest BCUT2D eigenvalue weighted by Crippen LogP contribution is 2.27. The van der Waals surface area contributed by atoms with Crippen molar-refractivity contribution in [2.75, 3.05) is 18.4 Å². The molecule has 176 valence electrons. The van der Waals surface area contributed by atoms with Gasteiger partial charge >= 0.3 is 0 Å². The molecule has 1 atom stereocenters. The number of thiazole rings is 1. The molecule has 0 bridgehead atoms. The van der Waals surface area contributed by atoms with Crippen LogP contribution in [0.2, 0.25) is 0 Å². The van der Waals surface area contributed by atoms with Gasteiger partial charge in [-0.2, -0.15) is 5.10 Å². The van der Waals surface area contributed by atoms with Crippen LogP contribution in [0.5, 0.6) is 0 Å². The second kappa shape index (κ2) is 9.86. The lowest BCUT2D eigenvalue weighted by atomic mass is 10.0. The molecule has 3 aromatic heterocycles. The van der Waals surface area contributed by atoms with Crippen molar-refractivity contribution in [1.29, 1.82) is 0 Å². The monoisotopic (exact) mass is 469 g/mol. The molecule has 0 saturated carbocycles. The molecule has 2 amide bonds. The largest absolute Gasteiger partial charge is 0.367 e. The number of anilines is 1. The number of hydrogen-bond donors (Lipinski definition) is 2. The topological polar surface area (TPSA) is 105 Å². The Kier molecular flexibility index (Phi) is 6.92. The van der Waals surface area contributed by atoms with Gasteiger partial charge in [0.2, 0.25) is 5.91 Å². The second-order valence-electron chi connectivity index (χ2n) is 8.84. The van der Waals surface area contributed by atoms with Gasteiger partial charge in [0, 0.05) is 49.2 Å². The fourth-order valence-corrected chi connectivity index (χ4v) is 4.54. The minimum Gasteiger partial charge on any atom is -0.367 e. The van der Waals surface area contributed by atoms with Crippen LogP contribution in [0.4, 0.5) is 5.82 Å². The van der Waals surface area contributed by atoms with Gasteiger partial charge in [-0.05, 0) is 25.7 Å². The van der Waals surface area contributed by atoms with Crippen molar-refractivity contribution in [3.63, 3.8) is 0 Å². The molecule has 4 rings (SSSR count). The molecule has 33 heavy (non-hydrogen) atoms. The van der Waals surface area contributed by atoms with E-state index in [1.54, 1.807) is 28.1 Å². The van der Waals surface area contributed by atoms with Crippen molar-refractivity contribution in [1.82, 2.24) is 29.8 Å². The molecule has 1 fully saturated rings. The molecule has 0 aromatic carbocycles. The molecular weight excluding hydrogens is 438 g/mol. The molecule has 3 aromatic rings. The lowest BCUT2D eigenvalue weighted by Crippen LogP contribution is -2.46. The summed E-state index contributed by atoms with van der Waals surface area (Å²) in [6.45, 7) is 9.39. The van der Waals surface area contributed by atoms with Gasteiger partial charge in [-0.25, -0.2) is 14.5 Å². The van der Waals surface area contributed by atoms with Crippen LogP contribution < -0.4 is 10.6 Å². The van der Waals surface area contributed by atoms with Crippen LogP contribution in [0.3, 0.4) is 0 Å². The average molecular weight is 470 g/mol. The minimum atomic E-state index is -0.117. The number of nitrogens with one attached hydrogen (secondary N) is 2. The number of amides is 2. The maximum atomic E-state index is 13.4. The van der Waals surface area contributed by atoms with Gasteiger partial charge in [0.05, 0.1) is 11.8 Å². The zero-order chi connectivity index (χ0) is 23.5. The average Bonchev–Trinajstić information content (AvgIpc) is 3.43. The summed E-state index contributed by atoms with van der Waals surface area (Å²) in [5.41, 5.74) is 1.17. The fraction of sp³-hybridized carbons (Fsp3) is 0.522. The van der Waals surface area contributed by atoms with Crippen molar-refractivity contribution in [3.05, 3.63) is 29.5 Å². The number of aromatic nitrogens is 4. The summed E-state index contributed by atoms with van der Waals surface area (Å²) in [6.07, 6.45) is 5.58. The quantitative estimate of drug-likeness (QED) is 0.549. The Morgan fingerprint density at radius 2 is 1.97 bits per heavy atom. The van der Waals surface area contributed by atoms with E-state index >= 15 is 0 Å². The smallest absolute Gasteiger partial charge is 0.272 e. The minimum absolute atomic E-state index is 0.0521. The van der Waals surface area contributed by atoms with Crippen LogP contribution >= 0.6 is 11.3 Å². The van der Waals surface area contributed by atoms with Crippen LogP contribution in [0.25, 0.3) is 16.2 Å². The van der Waals surface area contributed by atoms with Crippen molar-refractivity contribution < 1.29 is 9.59 Å². The number of piperidine rings is 1. The van der Waals surface area contributed by atoms with Crippen LogP contribution in [0.1, 0.15) is 57.4 Å². The Morgan fingerprint density at radius 1 is 1.21 bits per heavy atom. The van der Waals surface area contributed by atoms with Gasteiger partial charge in [-0.3, -0.25) is 9.59 Å². The summed E-state index contributed by atoms with van der Waals surface area (Å²) in [5.74, 6) is 1.46. The van der Waals surface area contributed by atoms with Crippen LogP contribution in [0, 0.1) is 5.92 Å². The van der Waals surface area contributed by atoms with Gasteiger partial charge in [0.25, 0.3) is 5.91 Å². The van der Waals surface area contributed by atoms with Crippen molar-refractivity contribution in [2.45, 2.75) is 59.0 Å².